The van der Waals surface area contributed by atoms with Crippen LogP contribution in [-0.4, -0.2) is 50.4 Å². The van der Waals surface area contributed by atoms with E-state index in [2.05, 4.69) is 18.3 Å². The van der Waals surface area contributed by atoms with Crippen LogP contribution in [0.2, 0.25) is 0 Å². The van der Waals surface area contributed by atoms with Crippen molar-refractivity contribution in [1.29, 1.82) is 0 Å². The van der Waals surface area contributed by atoms with Crippen molar-refractivity contribution in [2.75, 3.05) is 33.5 Å². The molecule has 6 nitrogen and oxygen atoms in total. The van der Waals surface area contributed by atoms with Gasteiger partial charge in [0.25, 0.3) is 0 Å². The number of piperidine rings is 1. The van der Waals surface area contributed by atoms with Gasteiger partial charge in [-0.25, -0.2) is 0 Å². The van der Waals surface area contributed by atoms with Gasteiger partial charge in [0.15, 0.2) is 0 Å². The van der Waals surface area contributed by atoms with Crippen LogP contribution in [-0.2, 0) is 19.0 Å². The second kappa shape index (κ2) is 11.3. The normalized spacial score (nSPS) is 25.4. The fourth-order valence-electron chi connectivity index (χ4n) is 3.89. The van der Waals surface area contributed by atoms with Gasteiger partial charge >= 0.3 is 0 Å². The molecule has 3 atom stereocenters. The molecule has 2 aliphatic rings. The summed E-state index contributed by atoms with van der Waals surface area (Å²) in [4.78, 5) is 14.0. The summed E-state index contributed by atoms with van der Waals surface area (Å²) in [5, 5.41) is 3.64. The van der Waals surface area contributed by atoms with E-state index in [0.29, 0.717) is 23.8 Å². The summed E-state index contributed by atoms with van der Waals surface area (Å²) < 4.78 is 16.4. The van der Waals surface area contributed by atoms with Gasteiger partial charge in [-0.3, -0.25) is 4.79 Å². The van der Waals surface area contributed by atoms with E-state index in [1.54, 1.807) is 7.11 Å². The number of likely N-dealkylation sites (tertiary alicyclic amines) is 1. The first-order chi connectivity index (χ1) is 13.4. The Bertz CT molecular complexity index is 573. The van der Waals surface area contributed by atoms with Crippen molar-refractivity contribution < 1.29 is 19.0 Å². The molecule has 0 aliphatic carbocycles. The number of allylic oxidation sites excluding steroid dienone is 4. The molecule has 2 heterocycles. The Labute approximate surface area is 170 Å². The number of hydrogen-bond donors (Lipinski definition) is 1. The lowest BCUT2D eigenvalue weighted by Crippen LogP contribution is -2.38. The van der Waals surface area contributed by atoms with Crippen LogP contribution in [0, 0.1) is 11.8 Å². The van der Waals surface area contributed by atoms with Crippen LogP contribution >= 0.6 is 0 Å². The zero-order chi connectivity index (χ0) is 20.5. The zero-order valence-corrected chi connectivity index (χ0v) is 18.3. The smallest absolute Gasteiger partial charge is 0.230 e. The van der Waals surface area contributed by atoms with Crippen LogP contribution in [0.4, 0.5) is 0 Å². The minimum absolute atomic E-state index is 0.191. The van der Waals surface area contributed by atoms with E-state index in [1.165, 1.54) is 0 Å². The molecule has 2 aliphatic heterocycles. The van der Waals surface area contributed by atoms with Crippen LogP contribution in [0.1, 0.15) is 59.8 Å². The summed E-state index contributed by atoms with van der Waals surface area (Å²) in [5.74, 6) is 3.74. The van der Waals surface area contributed by atoms with Crippen molar-refractivity contribution in [3.05, 3.63) is 23.4 Å². The summed E-state index contributed by atoms with van der Waals surface area (Å²) in [5.41, 5.74) is 0. The second-order valence-electron chi connectivity index (χ2n) is 8.09. The summed E-state index contributed by atoms with van der Waals surface area (Å²) in [6.07, 6.45) is 7.32. The maximum atomic E-state index is 11.9. The average molecular weight is 395 g/mol. The van der Waals surface area contributed by atoms with Crippen molar-refractivity contribution in [2.45, 2.75) is 65.8 Å². The van der Waals surface area contributed by atoms with E-state index in [1.807, 2.05) is 25.7 Å². The monoisotopic (exact) mass is 394 g/mol. The molecular formula is C22H38N2O4. The Hall–Kier alpha value is -1.69. The molecule has 0 bridgehead atoms. The van der Waals surface area contributed by atoms with E-state index in [4.69, 9.17) is 14.2 Å². The van der Waals surface area contributed by atoms with E-state index < -0.39 is 0 Å². The van der Waals surface area contributed by atoms with Gasteiger partial charge in [-0.15, -0.1) is 0 Å². The number of ether oxygens (including phenoxy) is 3. The minimum atomic E-state index is 0.191. The van der Waals surface area contributed by atoms with Crippen molar-refractivity contribution in [2.24, 2.45) is 11.8 Å². The predicted molar refractivity (Wildman–Crippen MR) is 110 cm³/mol. The molecule has 2 fully saturated rings. The molecule has 6 heteroatoms. The highest BCUT2D eigenvalue weighted by Crippen LogP contribution is 2.26. The highest BCUT2D eigenvalue weighted by molar-refractivity contribution is 5.76. The SMILES string of the molecule is CO/C(C)=C(/C)OCO/C(C)=C/C(C)C1CNC(CCN2CCCCC2=O)C1. The summed E-state index contributed by atoms with van der Waals surface area (Å²) in [6, 6.07) is 0.505. The van der Waals surface area contributed by atoms with Crippen LogP contribution in [0.3, 0.4) is 0 Å². The van der Waals surface area contributed by atoms with Gasteiger partial charge < -0.3 is 24.4 Å². The first-order valence-corrected chi connectivity index (χ1v) is 10.6. The molecule has 2 saturated heterocycles. The van der Waals surface area contributed by atoms with Gasteiger partial charge in [0.05, 0.1) is 12.9 Å². The van der Waals surface area contributed by atoms with E-state index >= 15 is 0 Å². The second-order valence-corrected chi connectivity index (χ2v) is 8.09. The van der Waals surface area contributed by atoms with Crippen LogP contribution in [0.15, 0.2) is 23.4 Å². The van der Waals surface area contributed by atoms with Crippen molar-refractivity contribution in [3.63, 3.8) is 0 Å². The number of hydrogen-bond acceptors (Lipinski definition) is 5. The summed E-state index contributed by atoms with van der Waals surface area (Å²) >= 11 is 0. The quantitative estimate of drug-likeness (QED) is 0.451. The molecule has 0 radical (unpaired) electrons. The Morgan fingerprint density at radius 2 is 2.04 bits per heavy atom. The van der Waals surface area contributed by atoms with Gasteiger partial charge in [0, 0.05) is 25.6 Å². The highest BCUT2D eigenvalue weighted by Gasteiger charge is 2.28. The van der Waals surface area contributed by atoms with Crippen LogP contribution < -0.4 is 5.32 Å². The Morgan fingerprint density at radius 1 is 1.25 bits per heavy atom. The molecule has 0 saturated carbocycles. The lowest BCUT2D eigenvalue weighted by Gasteiger charge is -2.27. The fraction of sp³-hybridized carbons (Fsp3) is 0.773. The Morgan fingerprint density at radius 3 is 2.75 bits per heavy atom. The van der Waals surface area contributed by atoms with Gasteiger partial charge in [0.2, 0.25) is 12.7 Å². The molecule has 0 spiro atoms. The fourth-order valence-corrected chi connectivity index (χ4v) is 3.89. The standard InChI is InChI=1S/C22H38N2O4/c1-16(12-17(2)27-15-28-19(4)18(3)26-5)20-13-21(23-14-20)9-11-24-10-7-6-8-22(24)25/h12,16,20-21,23H,6-11,13-15H2,1-5H3/b17-12+,19-18-. The first-order valence-electron chi connectivity index (χ1n) is 10.6. The van der Waals surface area contributed by atoms with Gasteiger partial charge in [0.1, 0.15) is 11.5 Å². The topological polar surface area (TPSA) is 60.0 Å². The number of rotatable bonds is 10. The summed E-state index contributed by atoms with van der Waals surface area (Å²) in [6.45, 7) is 11.0. The third kappa shape index (κ3) is 7.04. The molecule has 0 aromatic rings. The number of carbonyl (C=O) groups excluding carboxylic acids is 1. The van der Waals surface area contributed by atoms with Gasteiger partial charge in [-0.1, -0.05) is 6.92 Å². The van der Waals surface area contributed by atoms with Crippen LogP contribution in [0.25, 0.3) is 0 Å². The van der Waals surface area contributed by atoms with Crippen molar-refractivity contribution in [3.8, 4) is 0 Å². The molecule has 28 heavy (non-hydrogen) atoms. The Kier molecular flexibility index (Phi) is 9.16. The minimum Gasteiger partial charge on any atom is -0.498 e. The molecule has 2 rings (SSSR count). The van der Waals surface area contributed by atoms with E-state index in [9.17, 15) is 4.79 Å². The molecular weight excluding hydrogens is 356 g/mol. The van der Waals surface area contributed by atoms with E-state index in [0.717, 1.165) is 69.0 Å². The number of nitrogens with one attached hydrogen (secondary N) is 1. The largest absolute Gasteiger partial charge is 0.498 e. The predicted octanol–water partition coefficient (Wildman–Crippen LogP) is 3.80. The number of amides is 1. The van der Waals surface area contributed by atoms with Crippen molar-refractivity contribution in [1.82, 2.24) is 10.2 Å². The molecule has 0 aromatic carbocycles. The zero-order valence-electron chi connectivity index (χ0n) is 18.3. The lowest BCUT2D eigenvalue weighted by molar-refractivity contribution is -0.133. The number of carbonyl (C=O) groups is 1. The average Bonchev–Trinajstić information content (AvgIpc) is 3.15. The third-order valence-corrected chi connectivity index (χ3v) is 6.03. The van der Waals surface area contributed by atoms with Gasteiger partial charge in [-0.05, 0) is 70.9 Å². The molecule has 160 valence electrons. The molecule has 1 N–H and O–H groups in total. The van der Waals surface area contributed by atoms with Gasteiger partial charge in [-0.2, -0.15) is 0 Å². The van der Waals surface area contributed by atoms with E-state index in [-0.39, 0.29) is 6.79 Å². The maximum absolute atomic E-state index is 11.9. The maximum Gasteiger partial charge on any atom is 0.230 e. The summed E-state index contributed by atoms with van der Waals surface area (Å²) in [7, 11) is 1.63. The molecule has 0 aromatic heterocycles. The molecule has 3 unspecified atom stereocenters. The Balaban J connectivity index is 1.70. The number of methoxy groups -OCH3 is 1. The molecule has 1 amide bonds. The van der Waals surface area contributed by atoms with Crippen molar-refractivity contribution >= 4 is 5.91 Å². The lowest BCUT2D eigenvalue weighted by atomic mass is 9.90. The third-order valence-electron chi connectivity index (χ3n) is 6.03. The highest BCUT2D eigenvalue weighted by atomic mass is 16.7. The number of nitrogens with zero attached hydrogens (tertiary/aromatic N) is 1. The van der Waals surface area contributed by atoms with Crippen LogP contribution in [0.5, 0.6) is 0 Å². The first kappa shape index (κ1) is 22.6.